The molecule has 0 spiro atoms. The Hall–Kier alpha value is -2.40. The molecule has 0 radical (unpaired) electrons. The zero-order valence-electron chi connectivity index (χ0n) is 15.1. The topological polar surface area (TPSA) is 0 Å². The number of hydrogen-bond donors (Lipinski definition) is 0. The van der Waals surface area contributed by atoms with Crippen molar-refractivity contribution in [2.24, 2.45) is 11.8 Å². The van der Waals surface area contributed by atoms with Crippen molar-refractivity contribution in [1.29, 1.82) is 0 Å². The van der Waals surface area contributed by atoms with Crippen LogP contribution < -0.4 is 0 Å². The summed E-state index contributed by atoms with van der Waals surface area (Å²) >= 11 is 0. The van der Waals surface area contributed by atoms with E-state index in [2.05, 4.69) is 30.9 Å². The van der Waals surface area contributed by atoms with Crippen LogP contribution in [0.2, 0.25) is 0 Å². The van der Waals surface area contributed by atoms with Gasteiger partial charge in [0.1, 0.15) is 0 Å². The van der Waals surface area contributed by atoms with Gasteiger partial charge in [-0.25, -0.2) is 8.78 Å². The first-order chi connectivity index (χ1) is 12.7. The number of benzene rings is 2. The summed E-state index contributed by atoms with van der Waals surface area (Å²) in [5.41, 5.74) is 2.49. The molecule has 0 unspecified atom stereocenters. The van der Waals surface area contributed by atoms with E-state index in [0.717, 1.165) is 29.5 Å². The van der Waals surface area contributed by atoms with Gasteiger partial charge >= 0.3 is 0 Å². The average molecular weight is 350 g/mol. The Labute approximate surface area is 155 Å². The second-order valence-electron chi connectivity index (χ2n) is 6.92. The minimum Gasteiger partial charge on any atom is -0.204 e. The van der Waals surface area contributed by atoms with Gasteiger partial charge in [0.15, 0.2) is 11.6 Å². The molecule has 0 heterocycles. The van der Waals surface area contributed by atoms with Crippen molar-refractivity contribution >= 4 is 0 Å². The highest BCUT2D eigenvalue weighted by atomic mass is 19.2. The smallest absolute Gasteiger partial charge is 0.159 e. The molecule has 0 bridgehead atoms. The van der Waals surface area contributed by atoms with Crippen LogP contribution >= 0.6 is 0 Å². The zero-order chi connectivity index (χ0) is 18.4. The fourth-order valence-electron chi connectivity index (χ4n) is 3.39. The van der Waals surface area contributed by atoms with E-state index >= 15 is 0 Å². The van der Waals surface area contributed by atoms with Crippen LogP contribution in [0, 0.1) is 35.3 Å². The maximum Gasteiger partial charge on any atom is 0.159 e. The van der Waals surface area contributed by atoms with Crippen LogP contribution in [-0.4, -0.2) is 0 Å². The molecule has 0 atom stereocenters. The molecule has 1 fully saturated rings. The quantitative estimate of drug-likeness (QED) is 0.424. The molecule has 0 aromatic heterocycles. The molecule has 0 saturated heterocycles. The fourth-order valence-corrected chi connectivity index (χ4v) is 3.39. The zero-order valence-corrected chi connectivity index (χ0v) is 15.1. The van der Waals surface area contributed by atoms with Crippen LogP contribution in [0.4, 0.5) is 8.78 Å². The standard InChI is InChI=1S/C24H24F2/c1-2-3-4-18-5-7-19(8-6-18)9-10-20-11-13-21(14-12-20)22-15-16-23(25)24(26)17-22/h3-4,11-19H,2,5-8H2,1H3. The summed E-state index contributed by atoms with van der Waals surface area (Å²) in [6.45, 7) is 2.17. The molecule has 0 nitrogen and oxygen atoms in total. The van der Waals surface area contributed by atoms with E-state index in [4.69, 9.17) is 0 Å². The molecule has 2 aromatic rings. The summed E-state index contributed by atoms with van der Waals surface area (Å²) < 4.78 is 26.4. The van der Waals surface area contributed by atoms with Crippen molar-refractivity contribution in [3.63, 3.8) is 0 Å². The second-order valence-corrected chi connectivity index (χ2v) is 6.92. The summed E-state index contributed by atoms with van der Waals surface area (Å²) in [7, 11) is 0. The maximum absolute atomic E-state index is 13.4. The predicted octanol–water partition coefficient (Wildman–Crippen LogP) is 6.76. The van der Waals surface area contributed by atoms with Crippen LogP contribution in [0.15, 0.2) is 54.6 Å². The van der Waals surface area contributed by atoms with E-state index in [1.807, 2.05) is 24.3 Å². The van der Waals surface area contributed by atoms with Crippen molar-refractivity contribution in [3.05, 3.63) is 71.8 Å². The number of halogens is 2. The lowest BCUT2D eigenvalue weighted by molar-refractivity contribution is 0.364. The van der Waals surface area contributed by atoms with Gasteiger partial charge in [-0.05, 0) is 73.4 Å². The molecule has 26 heavy (non-hydrogen) atoms. The Kier molecular flexibility index (Phi) is 6.23. The summed E-state index contributed by atoms with van der Waals surface area (Å²) in [6.07, 6.45) is 10.5. The van der Waals surface area contributed by atoms with Gasteiger partial charge in [-0.1, -0.05) is 49.1 Å². The molecule has 0 aliphatic heterocycles. The molecule has 1 aliphatic rings. The van der Waals surface area contributed by atoms with Gasteiger partial charge in [-0.2, -0.15) is 0 Å². The molecule has 1 aliphatic carbocycles. The summed E-state index contributed by atoms with van der Waals surface area (Å²) in [5.74, 6) is 6.23. The third kappa shape index (κ3) is 4.82. The lowest BCUT2D eigenvalue weighted by Gasteiger charge is -2.23. The van der Waals surface area contributed by atoms with Gasteiger partial charge in [0.2, 0.25) is 0 Å². The largest absolute Gasteiger partial charge is 0.204 e. The highest BCUT2D eigenvalue weighted by Gasteiger charge is 2.17. The van der Waals surface area contributed by atoms with Crippen LogP contribution in [0.1, 0.15) is 44.6 Å². The maximum atomic E-state index is 13.4. The van der Waals surface area contributed by atoms with Crippen LogP contribution in [0.5, 0.6) is 0 Å². The molecule has 2 aromatic carbocycles. The Morgan fingerprint density at radius 1 is 0.923 bits per heavy atom. The number of allylic oxidation sites excluding steroid dienone is 2. The Bertz CT molecular complexity index is 814. The molecular weight excluding hydrogens is 326 g/mol. The molecule has 3 rings (SSSR count). The van der Waals surface area contributed by atoms with Gasteiger partial charge in [0, 0.05) is 11.5 Å². The van der Waals surface area contributed by atoms with Crippen LogP contribution in [0.25, 0.3) is 11.1 Å². The van der Waals surface area contributed by atoms with Gasteiger partial charge < -0.3 is 0 Å². The summed E-state index contributed by atoms with van der Waals surface area (Å²) in [5, 5.41) is 0. The number of hydrogen-bond acceptors (Lipinski definition) is 0. The lowest BCUT2D eigenvalue weighted by atomic mass is 9.82. The van der Waals surface area contributed by atoms with Crippen molar-refractivity contribution in [1.82, 2.24) is 0 Å². The van der Waals surface area contributed by atoms with Crippen molar-refractivity contribution in [2.45, 2.75) is 39.0 Å². The average Bonchev–Trinajstić information content (AvgIpc) is 2.68. The predicted molar refractivity (Wildman–Crippen MR) is 104 cm³/mol. The monoisotopic (exact) mass is 350 g/mol. The molecule has 134 valence electrons. The lowest BCUT2D eigenvalue weighted by Crippen LogP contribution is -2.11. The van der Waals surface area contributed by atoms with Crippen molar-refractivity contribution in [2.75, 3.05) is 0 Å². The van der Waals surface area contributed by atoms with E-state index in [0.29, 0.717) is 11.5 Å². The number of rotatable bonds is 3. The highest BCUT2D eigenvalue weighted by Crippen LogP contribution is 2.29. The van der Waals surface area contributed by atoms with E-state index < -0.39 is 11.6 Å². The Morgan fingerprint density at radius 2 is 1.62 bits per heavy atom. The Balaban J connectivity index is 1.61. The molecule has 1 saturated carbocycles. The van der Waals surface area contributed by atoms with Gasteiger partial charge in [-0.15, -0.1) is 0 Å². The highest BCUT2D eigenvalue weighted by molar-refractivity contribution is 5.64. The summed E-state index contributed by atoms with van der Waals surface area (Å²) in [6, 6.07) is 11.7. The minimum atomic E-state index is -0.823. The van der Waals surface area contributed by atoms with Crippen LogP contribution in [0.3, 0.4) is 0 Å². The molecule has 0 N–H and O–H groups in total. The molecular formula is C24H24F2. The first-order valence-electron chi connectivity index (χ1n) is 9.39. The molecule has 2 heteroatoms. The third-order valence-electron chi connectivity index (χ3n) is 4.97. The Morgan fingerprint density at radius 3 is 2.27 bits per heavy atom. The first-order valence-corrected chi connectivity index (χ1v) is 9.39. The van der Waals surface area contributed by atoms with Gasteiger partial charge in [-0.3, -0.25) is 0 Å². The fraction of sp³-hybridized carbons (Fsp3) is 0.333. The van der Waals surface area contributed by atoms with Gasteiger partial charge in [0.05, 0.1) is 0 Å². The second kappa shape index (κ2) is 8.81. The van der Waals surface area contributed by atoms with E-state index in [1.165, 1.54) is 31.7 Å². The summed E-state index contributed by atoms with van der Waals surface area (Å²) in [4.78, 5) is 0. The van der Waals surface area contributed by atoms with E-state index in [1.54, 1.807) is 6.07 Å². The van der Waals surface area contributed by atoms with E-state index in [9.17, 15) is 8.78 Å². The SMILES string of the molecule is CCC=CC1CCC(C#Cc2ccc(-c3ccc(F)c(F)c3)cc2)CC1. The van der Waals surface area contributed by atoms with Crippen molar-refractivity contribution < 1.29 is 8.78 Å². The normalized spacial score (nSPS) is 20.0. The molecule has 0 amide bonds. The first kappa shape index (κ1) is 18.4. The van der Waals surface area contributed by atoms with Crippen molar-refractivity contribution in [3.8, 4) is 23.0 Å². The minimum absolute atomic E-state index is 0.479. The van der Waals surface area contributed by atoms with Crippen LogP contribution in [-0.2, 0) is 0 Å². The third-order valence-corrected chi connectivity index (χ3v) is 4.97. The van der Waals surface area contributed by atoms with Gasteiger partial charge in [0.25, 0.3) is 0 Å². The van der Waals surface area contributed by atoms with E-state index in [-0.39, 0.29) is 0 Å².